The minimum atomic E-state index is -0.690. The molecule has 0 saturated carbocycles. The van der Waals surface area contributed by atoms with E-state index in [-0.39, 0.29) is 22.6 Å². The maximum Gasteiger partial charge on any atom is 0.269 e. The summed E-state index contributed by atoms with van der Waals surface area (Å²) in [4.78, 5) is 59.9. The van der Waals surface area contributed by atoms with Gasteiger partial charge in [0, 0.05) is 34.5 Å². The van der Waals surface area contributed by atoms with Crippen LogP contribution in [0, 0.1) is 0 Å². The molecule has 36 heavy (non-hydrogen) atoms. The monoisotopic (exact) mass is 488 g/mol. The van der Waals surface area contributed by atoms with E-state index in [1.165, 1.54) is 36.4 Å². The first kappa shape index (κ1) is 25.6. The standard InChI is InChI=1S/C25H24N6O5/c26-13-15-4-6-17(7-5-15)24(35)29-20-10-8-16(9-11-20)23(34)28-14-21(32)30-31-25(36)19-3-1-2-18(12-19)22(27)33/h1-12H,13-14,26H2,(H2,27,33)(H,28,34)(H,29,35)(H,30,32)(H,31,36). The molecule has 0 saturated heterocycles. The topological polar surface area (TPSA) is 186 Å². The summed E-state index contributed by atoms with van der Waals surface area (Å²) < 4.78 is 0. The van der Waals surface area contributed by atoms with Crippen LogP contribution >= 0.6 is 0 Å². The molecule has 3 aromatic carbocycles. The van der Waals surface area contributed by atoms with E-state index < -0.39 is 30.2 Å². The highest BCUT2D eigenvalue weighted by Gasteiger charge is 2.12. The van der Waals surface area contributed by atoms with Gasteiger partial charge in [-0.15, -0.1) is 0 Å². The number of amides is 5. The first-order valence-electron chi connectivity index (χ1n) is 10.7. The molecule has 0 radical (unpaired) electrons. The third-order valence-corrected chi connectivity index (χ3v) is 4.99. The van der Waals surface area contributed by atoms with Crippen LogP contribution in [0.15, 0.2) is 72.8 Å². The molecule has 0 bridgehead atoms. The van der Waals surface area contributed by atoms with Crippen LogP contribution in [0.3, 0.4) is 0 Å². The van der Waals surface area contributed by atoms with E-state index in [1.807, 2.05) is 0 Å². The largest absolute Gasteiger partial charge is 0.366 e. The van der Waals surface area contributed by atoms with Crippen molar-refractivity contribution in [2.45, 2.75) is 6.54 Å². The van der Waals surface area contributed by atoms with Gasteiger partial charge in [0.05, 0.1) is 6.54 Å². The fourth-order valence-electron chi connectivity index (χ4n) is 3.02. The number of benzene rings is 3. The number of nitrogens with two attached hydrogens (primary N) is 2. The van der Waals surface area contributed by atoms with Gasteiger partial charge in [0.2, 0.25) is 5.91 Å². The molecule has 0 heterocycles. The third kappa shape index (κ3) is 6.98. The summed E-state index contributed by atoms with van der Waals surface area (Å²) >= 11 is 0. The van der Waals surface area contributed by atoms with Gasteiger partial charge in [0.1, 0.15) is 0 Å². The molecular formula is C25H24N6O5. The molecule has 11 nitrogen and oxygen atoms in total. The summed E-state index contributed by atoms with van der Waals surface area (Å²) in [6, 6.07) is 18.6. The van der Waals surface area contributed by atoms with E-state index in [1.54, 1.807) is 36.4 Å². The van der Waals surface area contributed by atoms with Gasteiger partial charge in [-0.1, -0.05) is 18.2 Å². The number of hydrogen-bond donors (Lipinski definition) is 6. The molecule has 0 spiro atoms. The average molecular weight is 489 g/mol. The van der Waals surface area contributed by atoms with Crippen molar-refractivity contribution >= 4 is 35.2 Å². The van der Waals surface area contributed by atoms with Crippen LogP contribution in [0.1, 0.15) is 47.0 Å². The van der Waals surface area contributed by atoms with Crippen LogP contribution in [-0.4, -0.2) is 36.1 Å². The highest BCUT2D eigenvalue weighted by Crippen LogP contribution is 2.12. The molecule has 0 aliphatic carbocycles. The van der Waals surface area contributed by atoms with Crippen molar-refractivity contribution in [2.75, 3.05) is 11.9 Å². The van der Waals surface area contributed by atoms with Gasteiger partial charge in [-0.2, -0.15) is 0 Å². The van der Waals surface area contributed by atoms with E-state index >= 15 is 0 Å². The molecule has 3 rings (SSSR count). The highest BCUT2D eigenvalue weighted by molar-refractivity contribution is 6.05. The summed E-state index contributed by atoms with van der Waals surface area (Å²) in [5, 5.41) is 5.15. The van der Waals surface area contributed by atoms with Crippen molar-refractivity contribution in [3.63, 3.8) is 0 Å². The quantitative estimate of drug-likeness (QED) is 0.253. The zero-order valence-electron chi connectivity index (χ0n) is 19.0. The second kappa shape index (κ2) is 11.9. The number of rotatable bonds is 8. The Kier molecular flexibility index (Phi) is 8.46. The molecule has 0 atom stereocenters. The Bertz CT molecular complexity index is 1290. The predicted octanol–water partition coefficient (Wildman–Crippen LogP) is 0.688. The summed E-state index contributed by atoms with van der Waals surface area (Å²) in [6.07, 6.45) is 0. The van der Waals surface area contributed by atoms with Crippen molar-refractivity contribution in [3.05, 3.63) is 101 Å². The minimum absolute atomic E-state index is 0.121. The van der Waals surface area contributed by atoms with Crippen LogP contribution in [0.4, 0.5) is 5.69 Å². The van der Waals surface area contributed by atoms with Crippen molar-refractivity contribution in [2.24, 2.45) is 11.5 Å². The Morgan fingerprint density at radius 2 is 1.28 bits per heavy atom. The first-order valence-corrected chi connectivity index (χ1v) is 10.7. The SMILES string of the molecule is NCc1ccc(C(=O)Nc2ccc(C(=O)NCC(=O)NNC(=O)c3cccc(C(N)=O)c3)cc2)cc1. The van der Waals surface area contributed by atoms with Crippen molar-refractivity contribution in [3.8, 4) is 0 Å². The van der Waals surface area contributed by atoms with E-state index in [0.717, 1.165) is 5.56 Å². The van der Waals surface area contributed by atoms with Crippen molar-refractivity contribution in [1.29, 1.82) is 0 Å². The zero-order valence-corrected chi connectivity index (χ0v) is 19.0. The molecule has 0 unspecified atom stereocenters. The van der Waals surface area contributed by atoms with Crippen LogP contribution in [0.5, 0.6) is 0 Å². The molecule has 0 aliphatic rings. The minimum Gasteiger partial charge on any atom is -0.366 e. The lowest BCUT2D eigenvalue weighted by Crippen LogP contribution is -2.46. The maximum absolute atomic E-state index is 12.3. The number of anilines is 1. The van der Waals surface area contributed by atoms with Crippen LogP contribution in [-0.2, 0) is 11.3 Å². The van der Waals surface area contributed by atoms with Gasteiger partial charge in [-0.3, -0.25) is 34.8 Å². The lowest BCUT2D eigenvalue weighted by molar-refractivity contribution is -0.120. The summed E-state index contributed by atoms with van der Waals surface area (Å²) in [5.74, 6) is -2.86. The van der Waals surface area contributed by atoms with Crippen LogP contribution < -0.4 is 33.0 Å². The molecule has 8 N–H and O–H groups in total. The molecule has 184 valence electrons. The molecule has 3 aromatic rings. The Hall–Kier alpha value is -5.03. The van der Waals surface area contributed by atoms with Crippen LogP contribution in [0.2, 0.25) is 0 Å². The van der Waals surface area contributed by atoms with Gasteiger partial charge >= 0.3 is 0 Å². The van der Waals surface area contributed by atoms with Crippen molar-refractivity contribution in [1.82, 2.24) is 16.2 Å². The fourth-order valence-corrected chi connectivity index (χ4v) is 3.02. The Morgan fingerprint density at radius 3 is 1.92 bits per heavy atom. The molecule has 0 aliphatic heterocycles. The van der Waals surface area contributed by atoms with E-state index in [9.17, 15) is 24.0 Å². The van der Waals surface area contributed by atoms with Gasteiger partial charge in [0.15, 0.2) is 0 Å². The third-order valence-electron chi connectivity index (χ3n) is 4.99. The molecular weight excluding hydrogens is 464 g/mol. The second-order valence-corrected chi connectivity index (χ2v) is 7.56. The van der Waals surface area contributed by atoms with Gasteiger partial charge in [0.25, 0.3) is 23.6 Å². The summed E-state index contributed by atoms with van der Waals surface area (Å²) in [7, 11) is 0. The van der Waals surface area contributed by atoms with Crippen LogP contribution in [0.25, 0.3) is 0 Å². The Labute approximate surface area is 206 Å². The number of hydrazine groups is 1. The van der Waals surface area contributed by atoms with E-state index in [0.29, 0.717) is 17.8 Å². The number of hydrogen-bond acceptors (Lipinski definition) is 6. The zero-order chi connectivity index (χ0) is 26.1. The van der Waals surface area contributed by atoms with Gasteiger partial charge < -0.3 is 22.1 Å². The smallest absolute Gasteiger partial charge is 0.269 e. The van der Waals surface area contributed by atoms with Gasteiger partial charge in [-0.05, 0) is 60.2 Å². The average Bonchev–Trinajstić information content (AvgIpc) is 2.90. The first-order chi connectivity index (χ1) is 17.3. The van der Waals surface area contributed by atoms with Gasteiger partial charge in [-0.25, -0.2) is 0 Å². The van der Waals surface area contributed by atoms with Crippen molar-refractivity contribution < 1.29 is 24.0 Å². The number of carbonyl (C=O) groups excluding carboxylic acids is 5. The Balaban J connectivity index is 1.45. The number of carbonyl (C=O) groups is 5. The molecule has 0 fully saturated rings. The molecule has 11 heteroatoms. The second-order valence-electron chi connectivity index (χ2n) is 7.56. The fraction of sp³-hybridized carbons (Fsp3) is 0.0800. The summed E-state index contributed by atoms with van der Waals surface area (Å²) in [6.45, 7) is -0.0215. The maximum atomic E-state index is 12.3. The number of primary amides is 1. The number of nitrogens with one attached hydrogen (secondary N) is 4. The molecule has 5 amide bonds. The highest BCUT2D eigenvalue weighted by atomic mass is 16.2. The molecule has 0 aromatic heterocycles. The normalized spacial score (nSPS) is 10.1. The summed E-state index contributed by atoms with van der Waals surface area (Å²) in [5.41, 5.74) is 17.5. The predicted molar refractivity (Wildman–Crippen MR) is 132 cm³/mol. The lowest BCUT2D eigenvalue weighted by atomic mass is 10.1. The lowest BCUT2D eigenvalue weighted by Gasteiger charge is -2.10. The van der Waals surface area contributed by atoms with E-state index in [2.05, 4.69) is 21.5 Å². The van der Waals surface area contributed by atoms with E-state index in [4.69, 9.17) is 11.5 Å². The Morgan fingerprint density at radius 1 is 0.667 bits per heavy atom.